The van der Waals surface area contributed by atoms with Crippen LogP contribution in [0.3, 0.4) is 0 Å². The molecule has 0 aliphatic carbocycles. The van der Waals surface area contributed by atoms with Gasteiger partial charge in [-0.3, -0.25) is 19.8 Å². The van der Waals surface area contributed by atoms with Gasteiger partial charge in [-0.25, -0.2) is 4.79 Å². The van der Waals surface area contributed by atoms with E-state index in [0.717, 1.165) is 4.31 Å². The molecular weight excluding hydrogens is 606 g/mol. The van der Waals surface area contributed by atoms with Crippen LogP contribution in [-0.2, 0) is 48.8 Å². The zero-order valence-corrected chi connectivity index (χ0v) is 25.9. The highest BCUT2D eigenvalue weighted by molar-refractivity contribution is 7.87. The summed E-state index contributed by atoms with van der Waals surface area (Å²) in [6.45, 7) is 3.37. The molecular formula is C29H39N7O8S. The Bertz CT molecular complexity index is 1480. The molecule has 0 unspecified atom stereocenters. The Hall–Kier alpha value is -4.80. The summed E-state index contributed by atoms with van der Waals surface area (Å²) >= 11 is 0. The maximum Gasteiger partial charge on any atom is 0.408 e. The van der Waals surface area contributed by atoms with Crippen LogP contribution in [0.5, 0.6) is 0 Å². The molecule has 0 spiro atoms. The number of nitrogens with two attached hydrogens (primary N) is 1. The number of ether oxygens (including phenoxy) is 1. The Morgan fingerprint density at radius 1 is 1.00 bits per heavy atom. The standard InChI is InChI=1S/C29H39N7O8S/c1-4-14-44-29(41)35-24(16-19-8-10-22(11-9-19)26(30)31)28(40)34-23(12-13-25(37)38)27(39)32-17-20-6-5-7-21(15-20)18-33-45(42,43)36(2)3/h4-11,15,23-24,33H,1,12-14,16-18H2,2-3H3,(H3,30,31)(H,32,39)(H,34,40)(H,35,41)(H,37,38)/t23-,24-/m0/s1. The van der Waals surface area contributed by atoms with E-state index in [1.54, 1.807) is 48.5 Å². The summed E-state index contributed by atoms with van der Waals surface area (Å²) in [7, 11) is -0.850. The van der Waals surface area contributed by atoms with Crippen molar-refractivity contribution in [3.63, 3.8) is 0 Å². The zero-order chi connectivity index (χ0) is 33.6. The fraction of sp³-hybridized carbons (Fsp3) is 0.345. The normalized spacial score (nSPS) is 12.4. The SMILES string of the molecule is C=CCOC(=O)N[C@@H](Cc1ccc(C(=N)N)cc1)C(=O)N[C@@H](CCC(=O)O)C(=O)NCc1cccc(CNS(=O)(=O)N(C)C)c1. The second-order valence-electron chi connectivity index (χ2n) is 10.0. The monoisotopic (exact) mass is 645 g/mol. The number of amidine groups is 1. The van der Waals surface area contributed by atoms with E-state index in [9.17, 15) is 32.7 Å². The summed E-state index contributed by atoms with van der Waals surface area (Å²) in [6.07, 6.45) is -0.245. The topological polar surface area (TPSA) is 233 Å². The van der Waals surface area contributed by atoms with Crippen LogP contribution >= 0.6 is 0 Å². The van der Waals surface area contributed by atoms with E-state index < -0.39 is 52.6 Å². The third kappa shape index (κ3) is 12.8. The van der Waals surface area contributed by atoms with E-state index in [-0.39, 0.29) is 38.4 Å². The summed E-state index contributed by atoms with van der Waals surface area (Å²) < 4.78 is 32.4. The maximum absolute atomic E-state index is 13.4. The summed E-state index contributed by atoms with van der Waals surface area (Å²) in [5.74, 6) is -2.75. The van der Waals surface area contributed by atoms with Gasteiger partial charge in [-0.05, 0) is 23.1 Å². The highest BCUT2D eigenvalue weighted by Crippen LogP contribution is 2.10. The van der Waals surface area contributed by atoms with Crippen molar-refractivity contribution in [3.8, 4) is 0 Å². The molecule has 0 saturated heterocycles. The molecule has 0 aliphatic heterocycles. The van der Waals surface area contributed by atoms with Crippen LogP contribution in [0.1, 0.15) is 35.1 Å². The molecule has 0 aromatic heterocycles. The van der Waals surface area contributed by atoms with E-state index in [1.165, 1.54) is 20.2 Å². The number of hydrogen-bond acceptors (Lipinski definition) is 8. The third-order valence-corrected chi connectivity index (χ3v) is 7.79. The van der Waals surface area contributed by atoms with Crippen LogP contribution < -0.4 is 26.4 Å². The van der Waals surface area contributed by atoms with E-state index in [1.807, 2.05) is 0 Å². The predicted octanol–water partition coefficient (Wildman–Crippen LogP) is 0.356. The second kappa shape index (κ2) is 17.5. The van der Waals surface area contributed by atoms with Crippen molar-refractivity contribution in [2.45, 2.75) is 44.4 Å². The van der Waals surface area contributed by atoms with E-state index in [4.69, 9.17) is 15.9 Å². The van der Waals surface area contributed by atoms with Crippen LogP contribution in [0, 0.1) is 5.41 Å². The molecule has 2 rings (SSSR count). The number of aliphatic carboxylic acids is 1. The average Bonchev–Trinajstić information content (AvgIpc) is 2.99. The molecule has 0 bridgehead atoms. The number of carboxylic acids is 1. The average molecular weight is 646 g/mol. The molecule has 2 aromatic carbocycles. The summed E-state index contributed by atoms with van der Waals surface area (Å²) in [4.78, 5) is 50.1. The van der Waals surface area contributed by atoms with E-state index in [2.05, 4.69) is 27.3 Å². The number of nitrogen functional groups attached to an aromatic ring is 1. The first-order chi connectivity index (χ1) is 21.2. The van der Waals surface area contributed by atoms with Crippen LogP contribution in [0.4, 0.5) is 4.79 Å². The summed E-state index contributed by atoms with van der Waals surface area (Å²) in [5, 5.41) is 24.4. The fourth-order valence-electron chi connectivity index (χ4n) is 3.86. The molecule has 8 N–H and O–H groups in total. The minimum absolute atomic E-state index is 0.00456. The van der Waals surface area contributed by atoms with Crippen LogP contribution in [-0.4, -0.2) is 80.3 Å². The van der Waals surface area contributed by atoms with Crippen molar-refractivity contribution in [3.05, 3.63) is 83.4 Å². The summed E-state index contributed by atoms with van der Waals surface area (Å²) in [5.41, 5.74) is 7.83. The van der Waals surface area contributed by atoms with Gasteiger partial charge in [-0.1, -0.05) is 61.2 Å². The first-order valence-electron chi connectivity index (χ1n) is 13.7. The predicted molar refractivity (Wildman–Crippen MR) is 166 cm³/mol. The fourth-order valence-corrected chi connectivity index (χ4v) is 4.47. The second-order valence-corrected chi connectivity index (χ2v) is 12.0. The molecule has 244 valence electrons. The Labute approximate surface area is 261 Å². The zero-order valence-electron chi connectivity index (χ0n) is 25.0. The lowest BCUT2D eigenvalue weighted by molar-refractivity contribution is -0.138. The Kier molecular flexibility index (Phi) is 14.1. The molecule has 3 amide bonds. The highest BCUT2D eigenvalue weighted by Gasteiger charge is 2.28. The third-order valence-electron chi connectivity index (χ3n) is 6.32. The Morgan fingerprint density at radius 2 is 1.64 bits per heavy atom. The minimum atomic E-state index is -3.64. The lowest BCUT2D eigenvalue weighted by atomic mass is 10.0. The summed E-state index contributed by atoms with van der Waals surface area (Å²) in [6, 6.07) is 10.7. The molecule has 0 fully saturated rings. The number of carbonyl (C=O) groups excluding carboxylic acids is 3. The van der Waals surface area contributed by atoms with Crippen molar-refractivity contribution in [2.75, 3.05) is 20.7 Å². The van der Waals surface area contributed by atoms with Gasteiger partial charge in [0.15, 0.2) is 0 Å². The molecule has 0 saturated carbocycles. The van der Waals surface area contributed by atoms with Crippen LogP contribution in [0.25, 0.3) is 0 Å². The number of rotatable bonds is 18. The van der Waals surface area contributed by atoms with Crippen molar-refractivity contribution in [1.29, 1.82) is 5.41 Å². The first kappa shape index (κ1) is 36.4. The van der Waals surface area contributed by atoms with Gasteiger partial charge in [0.2, 0.25) is 11.8 Å². The molecule has 0 aliphatic rings. The molecule has 45 heavy (non-hydrogen) atoms. The maximum atomic E-state index is 13.4. The van der Waals surface area contributed by atoms with E-state index in [0.29, 0.717) is 22.3 Å². The molecule has 15 nitrogen and oxygen atoms in total. The molecule has 2 atom stereocenters. The smallest absolute Gasteiger partial charge is 0.408 e. The van der Waals surface area contributed by atoms with Gasteiger partial charge in [0.25, 0.3) is 10.2 Å². The number of hydrogen-bond donors (Lipinski definition) is 7. The largest absolute Gasteiger partial charge is 0.481 e. The van der Waals surface area contributed by atoms with Gasteiger partial charge < -0.3 is 31.5 Å². The molecule has 0 radical (unpaired) electrons. The van der Waals surface area contributed by atoms with Gasteiger partial charge >= 0.3 is 12.1 Å². The van der Waals surface area contributed by atoms with Gasteiger partial charge in [-0.15, -0.1) is 0 Å². The van der Waals surface area contributed by atoms with Gasteiger partial charge in [0.1, 0.15) is 24.5 Å². The van der Waals surface area contributed by atoms with Gasteiger partial charge in [-0.2, -0.15) is 17.4 Å². The number of benzene rings is 2. The Morgan fingerprint density at radius 3 is 2.22 bits per heavy atom. The lowest BCUT2D eigenvalue weighted by Crippen LogP contribution is -2.54. The quantitative estimate of drug-likeness (QED) is 0.0672. The van der Waals surface area contributed by atoms with Crippen LogP contribution in [0.2, 0.25) is 0 Å². The van der Waals surface area contributed by atoms with Gasteiger partial charge in [0, 0.05) is 45.6 Å². The number of nitrogens with zero attached hydrogens (tertiary/aromatic N) is 1. The molecule has 2 aromatic rings. The van der Waals surface area contributed by atoms with Crippen molar-refractivity contribution in [2.24, 2.45) is 5.73 Å². The van der Waals surface area contributed by atoms with Crippen LogP contribution in [0.15, 0.2) is 61.2 Å². The lowest BCUT2D eigenvalue weighted by Gasteiger charge is -2.23. The van der Waals surface area contributed by atoms with E-state index >= 15 is 0 Å². The number of carboxylic acid groups (broad SMARTS) is 1. The number of nitrogens with one attached hydrogen (secondary N) is 5. The number of amides is 3. The molecule has 0 heterocycles. The first-order valence-corrected chi connectivity index (χ1v) is 15.2. The molecule has 16 heteroatoms. The van der Waals surface area contributed by atoms with Gasteiger partial charge in [0.05, 0.1) is 0 Å². The van der Waals surface area contributed by atoms with Crippen molar-refractivity contribution >= 4 is 39.9 Å². The number of alkyl carbamates (subject to hydrolysis) is 1. The minimum Gasteiger partial charge on any atom is -0.481 e. The number of carbonyl (C=O) groups is 4. The Balaban J connectivity index is 2.17. The van der Waals surface area contributed by atoms with Crippen molar-refractivity contribution < 1.29 is 37.4 Å². The van der Waals surface area contributed by atoms with Crippen molar-refractivity contribution in [1.82, 2.24) is 25.0 Å². The highest BCUT2D eigenvalue weighted by atomic mass is 32.2.